The van der Waals surface area contributed by atoms with Crippen molar-refractivity contribution in [1.82, 2.24) is 14.5 Å². The zero-order valence-corrected chi connectivity index (χ0v) is 12.2. The molecule has 2 rings (SSSR count). The lowest BCUT2D eigenvalue weighted by molar-refractivity contribution is 0.0281. The normalized spacial score (nSPS) is 19.3. The van der Waals surface area contributed by atoms with Gasteiger partial charge in [-0.25, -0.2) is 4.98 Å². The van der Waals surface area contributed by atoms with E-state index in [1.807, 2.05) is 12.5 Å². The van der Waals surface area contributed by atoms with Crippen molar-refractivity contribution in [2.45, 2.75) is 44.8 Å². The van der Waals surface area contributed by atoms with Gasteiger partial charge >= 0.3 is 0 Å². The van der Waals surface area contributed by atoms with Crippen LogP contribution in [0.2, 0.25) is 0 Å². The van der Waals surface area contributed by atoms with Gasteiger partial charge < -0.3 is 15.0 Å². The number of ether oxygens (including phenoxy) is 1. The molecule has 2 heterocycles. The van der Waals surface area contributed by atoms with Crippen LogP contribution in [0.4, 0.5) is 0 Å². The summed E-state index contributed by atoms with van der Waals surface area (Å²) in [5.41, 5.74) is 7.24. The molecule has 0 aliphatic carbocycles. The van der Waals surface area contributed by atoms with E-state index in [9.17, 15) is 0 Å². The smallest absolute Gasteiger partial charge is 0.0951 e. The van der Waals surface area contributed by atoms with E-state index in [4.69, 9.17) is 10.5 Å². The average molecular weight is 266 g/mol. The number of nitrogens with two attached hydrogens (primary N) is 1. The van der Waals surface area contributed by atoms with E-state index in [0.29, 0.717) is 18.6 Å². The van der Waals surface area contributed by atoms with Crippen LogP contribution in [-0.4, -0.2) is 47.3 Å². The van der Waals surface area contributed by atoms with Crippen molar-refractivity contribution < 1.29 is 4.74 Å². The van der Waals surface area contributed by atoms with Crippen LogP contribution in [0.25, 0.3) is 0 Å². The van der Waals surface area contributed by atoms with Gasteiger partial charge in [0.1, 0.15) is 0 Å². The molecule has 1 aromatic rings. The van der Waals surface area contributed by atoms with Crippen LogP contribution in [0.5, 0.6) is 0 Å². The molecule has 1 unspecified atom stereocenters. The highest BCUT2D eigenvalue weighted by atomic mass is 16.5. The molecule has 2 N–H and O–H groups in total. The summed E-state index contributed by atoms with van der Waals surface area (Å²) in [5, 5.41) is 0. The predicted octanol–water partition coefficient (Wildman–Crippen LogP) is 1.57. The van der Waals surface area contributed by atoms with Crippen LogP contribution in [0, 0.1) is 0 Å². The lowest BCUT2D eigenvalue weighted by atomic mass is 10.0. The van der Waals surface area contributed by atoms with Gasteiger partial charge in [-0.1, -0.05) is 0 Å². The molecule has 1 aliphatic rings. The van der Waals surface area contributed by atoms with Crippen LogP contribution >= 0.6 is 0 Å². The standard InChI is InChI=1S/C14H26N4O/c1-11(2)18-10-16-9-14(18)13(8-15)17(3)12-4-6-19-7-5-12/h9-13H,4-8,15H2,1-3H3. The molecule has 108 valence electrons. The lowest BCUT2D eigenvalue weighted by Gasteiger charge is -2.37. The number of likely N-dealkylation sites (N-methyl/N-ethyl adjacent to an activating group) is 1. The predicted molar refractivity (Wildman–Crippen MR) is 76.0 cm³/mol. The first-order valence-electron chi connectivity index (χ1n) is 7.16. The van der Waals surface area contributed by atoms with E-state index in [1.54, 1.807) is 0 Å². The van der Waals surface area contributed by atoms with Crippen LogP contribution in [0.15, 0.2) is 12.5 Å². The zero-order chi connectivity index (χ0) is 13.8. The topological polar surface area (TPSA) is 56.3 Å². The lowest BCUT2D eigenvalue weighted by Crippen LogP contribution is -2.42. The maximum atomic E-state index is 6.03. The van der Waals surface area contributed by atoms with Crippen molar-refractivity contribution in [3.8, 4) is 0 Å². The van der Waals surface area contributed by atoms with Crippen molar-refractivity contribution in [2.24, 2.45) is 5.73 Å². The fraction of sp³-hybridized carbons (Fsp3) is 0.786. The summed E-state index contributed by atoms with van der Waals surface area (Å²) >= 11 is 0. The summed E-state index contributed by atoms with van der Waals surface area (Å²) in [7, 11) is 2.17. The summed E-state index contributed by atoms with van der Waals surface area (Å²) in [6, 6.07) is 1.19. The fourth-order valence-corrected chi connectivity index (χ4v) is 2.85. The molecule has 0 bridgehead atoms. The molecule has 5 nitrogen and oxygen atoms in total. The fourth-order valence-electron chi connectivity index (χ4n) is 2.85. The summed E-state index contributed by atoms with van der Waals surface area (Å²) in [4.78, 5) is 6.70. The van der Waals surface area contributed by atoms with Crippen LogP contribution in [0.3, 0.4) is 0 Å². The third-order valence-electron chi connectivity index (χ3n) is 4.08. The first kappa shape index (κ1) is 14.5. The minimum absolute atomic E-state index is 0.230. The average Bonchev–Trinajstić information content (AvgIpc) is 2.90. The summed E-state index contributed by atoms with van der Waals surface area (Å²) < 4.78 is 7.66. The summed E-state index contributed by atoms with van der Waals surface area (Å²) in [6.45, 7) is 6.68. The van der Waals surface area contributed by atoms with Crippen LogP contribution < -0.4 is 5.73 Å². The molecule has 1 aromatic heterocycles. The van der Waals surface area contributed by atoms with Crippen molar-refractivity contribution >= 4 is 0 Å². The Morgan fingerprint density at radius 3 is 2.74 bits per heavy atom. The number of aromatic nitrogens is 2. The Morgan fingerprint density at radius 2 is 2.16 bits per heavy atom. The first-order valence-corrected chi connectivity index (χ1v) is 7.16. The molecule has 5 heteroatoms. The highest BCUT2D eigenvalue weighted by Crippen LogP contribution is 2.26. The van der Waals surface area contributed by atoms with Crippen molar-refractivity contribution in [1.29, 1.82) is 0 Å². The molecule has 1 fully saturated rings. The number of nitrogens with zero attached hydrogens (tertiary/aromatic N) is 3. The Labute approximate surface area is 115 Å². The van der Waals surface area contributed by atoms with Gasteiger partial charge in [-0.05, 0) is 33.7 Å². The van der Waals surface area contributed by atoms with Gasteiger partial charge in [0.25, 0.3) is 0 Å². The summed E-state index contributed by atoms with van der Waals surface area (Å²) in [6.07, 6.45) is 6.03. The highest BCUT2D eigenvalue weighted by Gasteiger charge is 2.27. The molecule has 1 saturated heterocycles. The molecule has 0 spiro atoms. The Morgan fingerprint density at radius 1 is 1.47 bits per heavy atom. The van der Waals surface area contributed by atoms with E-state index in [2.05, 4.69) is 35.3 Å². The van der Waals surface area contributed by atoms with Gasteiger partial charge in [0.2, 0.25) is 0 Å². The van der Waals surface area contributed by atoms with Crippen LogP contribution in [-0.2, 0) is 4.74 Å². The number of rotatable bonds is 5. The van der Waals surface area contributed by atoms with E-state index < -0.39 is 0 Å². The molecule has 1 aliphatic heterocycles. The van der Waals surface area contributed by atoms with Crippen molar-refractivity contribution in [3.63, 3.8) is 0 Å². The molecule has 0 saturated carbocycles. The number of hydrogen-bond donors (Lipinski definition) is 1. The first-order chi connectivity index (χ1) is 9.15. The van der Waals surface area contributed by atoms with Crippen molar-refractivity contribution in [3.05, 3.63) is 18.2 Å². The highest BCUT2D eigenvalue weighted by molar-refractivity contribution is 5.08. The second-order valence-electron chi connectivity index (χ2n) is 5.58. The Hall–Kier alpha value is -0.910. The third-order valence-corrected chi connectivity index (χ3v) is 4.08. The largest absolute Gasteiger partial charge is 0.381 e. The van der Waals surface area contributed by atoms with Gasteiger partial charge in [-0.2, -0.15) is 0 Å². The van der Waals surface area contributed by atoms with E-state index in [-0.39, 0.29) is 6.04 Å². The van der Waals surface area contributed by atoms with Gasteiger partial charge in [0.15, 0.2) is 0 Å². The van der Waals surface area contributed by atoms with Gasteiger partial charge in [0.05, 0.1) is 18.1 Å². The number of imidazole rings is 1. The third kappa shape index (κ3) is 3.16. The van der Waals surface area contributed by atoms with Crippen LogP contribution in [0.1, 0.15) is 44.5 Å². The second kappa shape index (κ2) is 6.50. The SMILES string of the molecule is CC(C)n1cncc1C(CN)N(C)C1CCOCC1. The van der Waals surface area contributed by atoms with Gasteiger partial charge in [0, 0.05) is 38.0 Å². The zero-order valence-electron chi connectivity index (χ0n) is 12.2. The molecule has 0 aromatic carbocycles. The second-order valence-corrected chi connectivity index (χ2v) is 5.58. The Balaban J connectivity index is 2.16. The van der Waals surface area contributed by atoms with E-state index in [1.165, 1.54) is 5.69 Å². The van der Waals surface area contributed by atoms with Gasteiger partial charge in [-0.3, -0.25) is 4.90 Å². The number of hydrogen-bond acceptors (Lipinski definition) is 4. The maximum Gasteiger partial charge on any atom is 0.0951 e. The quantitative estimate of drug-likeness (QED) is 0.879. The maximum absolute atomic E-state index is 6.03. The molecular weight excluding hydrogens is 240 g/mol. The van der Waals surface area contributed by atoms with E-state index in [0.717, 1.165) is 26.1 Å². The molecule has 0 amide bonds. The molecule has 1 atom stereocenters. The summed E-state index contributed by atoms with van der Waals surface area (Å²) in [5.74, 6) is 0. The monoisotopic (exact) mass is 266 g/mol. The van der Waals surface area contributed by atoms with Crippen molar-refractivity contribution in [2.75, 3.05) is 26.8 Å². The minimum Gasteiger partial charge on any atom is -0.381 e. The minimum atomic E-state index is 0.230. The molecular formula is C14H26N4O. The Bertz CT molecular complexity index is 385. The molecule has 0 radical (unpaired) electrons. The Kier molecular flexibility index (Phi) is 4.96. The van der Waals surface area contributed by atoms with E-state index >= 15 is 0 Å². The molecule has 19 heavy (non-hydrogen) atoms. The van der Waals surface area contributed by atoms with Gasteiger partial charge in [-0.15, -0.1) is 0 Å².